The van der Waals surface area contributed by atoms with Crippen LogP contribution in [-0.2, 0) is 0 Å². The molecule has 104 valence electrons. The largest absolute Gasteiger partial charge is 0.365 e. The van der Waals surface area contributed by atoms with Crippen LogP contribution in [0.5, 0.6) is 0 Å². The number of nitrogens with zero attached hydrogens (tertiary/aromatic N) is 2. The van der Waals surface area contributed by atoms with E-state index in [4.69, 9.17) is 11.6 Å². The van der Waals surface area contributed by atoms with Crippen LogP contribution in [0.15, 0.2) is 0 Å². The molecule has 1 aromatic rings. The van der Waals surface area contributed by atoms with Gasteiger partial charge in [0.2, 0.25) is 0 Å². The second-order valence-electron chi connectivity index (χ2n) is 4.75. The number of aldehydes is 1. The van der Waals surface area contributed by atoms with E-state index in [0.29, 0.717) is 28.5 Å². The lowest BCUT2D eigenvalue weighted by Crippen LogP contribution is -2.35. The summed E-state index contributed by atoms with van der Waals surface area (Å²) in [6.45, 7) is 1.78. The normalized spacial score (nSPS) is 23.1. The Balaban J connectivity index is 2.24. The van der Waals surface area contributed by atoms with Gasteiger partial charge in [0.1, 0.15) is 16.8 Å². The SMILES string of the molecule is CSC1CCCCC1Nc1nc(C)nc(Cl)c1C=O. The number of anilines is 1. The molecule has 19 heavy (non-hydrogen) atoms. The average molecular weight is 300 g/mol. The molecular weight excluding hydrogens is 282 g/mol. The van der Waals surface area contributed by atoms with Crippen molar-refractivity contribution in [3.05, 3.63) is 16.5 Å². The van der Waals surface area contributed by atoms with Crippen molar-refractivity contribution in [2.75, 3.05) is 11.6 Å². The molecule has 4 nitrogen and oxygen atoms in total. The Morgan fingerprint density at radius 1 is 1.37 bits per heavy atom. The highest BCUT2D eigenvalue weighted by Gasteiger charge is 2.25. The third-order valence-electron chi connectivity index (χ3n) is 3.46. The average Bonchev–Trinajstić information content (AvgIpc) is 2.39. The smallest absolute Gasteiger partial charge is 0.156 e. The Hall–Kier alpha value is -0.810. The van der Waals surface area contributed by atoms with Gasteiger partial charge >= 0.3 is 0 Å². The molecule has 0 spiro atoms. The van der Waals surface area contributed by atoms with Crippen LogP contribution in [0.4, 0.5) is 5.82 Å². The zero-order chi connectivity index (χ0) is 13.8. The van der Waals surface area contributed by atoms with Crippen LogP contribution in [0.25, 0.3) is 0 Å². The monoisotopic (exact) mass is 299 g/mol. The van der Waals surface area contributed by atoms with E-state index in [2.05, 4.69) is 21.5 Å². The molecule has 2 unspecified atom stereocenters. The van der Waals surface area contributed by atoms with E-state index in [0.717, 1.165) is 12.7 Å². The molecule has 0 aromatic carbocycles. The van der Waals surface area contributed by atoms with Crippen molar-refractivity contribution in [3.63, 3.8) is 0 Å². The van der Waals surface area contributed by atoms with Crippen LogP contribution < -0.4 is 5.32 Å². The van der Waals surface area contributed by atoms with Crippen molar-refractivity contribution in [3.8, 4) is 0 Å². The second kappa shape index (κ2) is 6.57. The van der Waals surface area contributed by atoms with Gasteiger partial charge in [-0.2, -0.15) is 11.8 Å². The minimum Gasteiger partial charge on any atom is -0.365 e. The molecule has 6 heteroatoms. The minimum atomic E-state index is 0.224. The number of hydrogen-bond acceptors (Lipinski definition) is 5. The summed E-state index contributed by atoms with van der Waals surface area (Å²) in [5.41, 5.74) is 0.359. The molecule has 1 saturated carbocycles. The summed E-state index contributed by atoms with van der Waals surface area (Å²) in [6.07, 6.45) is 7.64. The van der Waals surface area contributed by atoms with Crippen LogP contribution >= 0.6 is 23.4 Å². The Morgan fingerprint density at radius 3 is 2.79 bits per heavy atom. The second-order valence-corrected chi connectivity index (χ2v) is 6.19. The molecule has 1 aromatic heterocycles. The Kier molecular flexibility index (Phi) is 5.05. The number of halogens is 1. The number of carbonyl (C=O) groups is 1. The first kappa shape index (κ1) is 14.6. The molecule has 0 amide bonds. The van der Waals surface area contributed by atoms with Gasteiger partial charge in [0.05, 0.1) is 5.56 Å². The molecule has 2 atom stereocenters. The van der Waals surface area contributed by atoms with Gasteiger partial charge in [0.25, 0.3) is 0 Å². The van der Waals surface area contributed by atoms with E-state index in [1.165, 1.54) is 19.3 Å². The number of hydrogen-bond donors (Lipinski definition) is 1. The van der Waals surface area contributed by atoms with Gasteiger partial charge in [-0.15, -0.1) is 0 Å². The number of aryl methyl sites for hydroxylation is 1. The Morgan fingerprint density at radius 2 is 2.11 bits per heavy atom. The van der Waals surface area contributed by atoms with Crippen molar-refractivity contribution in [1.29, 1.82) is 0 Å². The summed E-state index contributed by atoms with van der Waals surface area (Å²) in [7, 11) is 0. The van der Waals surface area contributed by atoms with Gasteiger partial charge in [0.15, 0.2) is 6.29 Å². The predicted octanol–water partition coefficient (Wildman–Crippen LogP) is 3.34. The quantitative estimate of drug-likeness (QED) is 0.682. The molecular formula is C13H18ClN3OS. The number of carbonyl (C=O) groups excluding carboxylic acids is 1. The molecule has 0 bridgehead atoms. The van der Waals surface area contributed by atoms with Crippen LogP contribution in [0.1, 0.15) is 41.9 Å². The Labute approximate surface area is 122 Å². The van der Waals surface area contributed by atoms with E-state index in [1.54, 1.807) is 6.92 Å². The summed E-state index contributed by atoms with van der Waals surface area (Å²) in [5, 5.41) is 4.18. The number of aromatic nitrogens is 2. The van der Waals surface area contributed by atoms with Crippen molar-refractivity contribution in [2.45, 2.75) is 43.9 Å². The first-order valence-corrected chi connectivity index (χ1v) is 8.11. The summed E-state index contributed by atoms with van der Waals surface area (Å²) in [6, 6.07) is 0.341. The maximum Gasteiger partial charge on any atom is 0.156 e. The van der Waals surface area contributed by atoms with Gasteiger partial charge in [-0.3, -0.25) is 4.79 Å². The zero-order valence-corrected chi connectivity index (χ0v) is 12.7. The zero-order valence-electron chi connectivity index (χ0n) is 11.1. The van der Waals surface area contributed by atoms with Gasteiger partial charge in [-0.25, -0.2) is 9.97 Å². The van der Waals surface area contributed by atoms with Crippen molar-refractivity contribution < 1.29 is 4.79 Å². The fourth-order valence-corrected chi connectivity index (χ4v) is 3.67. The number of rotatable bonds is 4. The third kappa shape index (κ3) is 3.39. The summed E-state index contributed by atoms with van der Waals surface area (Å²) in [4.78, 5) is 19.5. The predicted molar refractivity (Wildman–Crippen MR) is 80.3 cm³/mol. The van der Waals surface area contributed by atoms with Crippen LogP contribution in [-0.4, -0.2) is 33.8 Å². The lowest BCUT2D eigenvalue weighted by molar-refractivity contribution is 0.112. The van der Waals surface area contributed by atoms with Gasteiger partial charge in [-0.1, -0.05) is 24.4 Å². The van der Waals surface area contributed by atoms with Crippen LogP contribution in [0.3, 0.4) is 0 Å². The maximum atomic E-state index is 11.1. The lowest BCUT2D eigenvalue weighted by Gasteiger charge is -2.31. The molecule has 1 N–H and O–H groups in total. The lowest BCUT2D eigenvalue weighted by atomic mass is 9.95. The van der Waals surface area contributed by atoms with Crippen molar-refractivity contribution in [2.24, 2.45) is 0 Å². The first-order valence-electron chi connectivity index (χ1n) is 6.44. The van der Waals surface area contributed by atoms with E-state index in [9.17, 15) is 4.79 Å². The Bertz CT molecular complexity index is 469. The van der Waals surface area contributed by atoms with Gasteiger partial charge in [0, 0.05) is 11.3 Å². The summed E-state index contributed by atoms with van der Waals surface area (Å²) < 4.78 is 0. The number of nitrogens with one attached hydrogen (secondary N) is 1. The fourth-order valence-electron chi connectivity index (χ4n) is 2.48. The van der Waals surface area contributed by atoms with Gasteiger partial charge in [-0.05, 0) is 26.0 Å². The van der Waals surface area contributed by atoms with E-state index < -0.39 is 0 Å². The van der Waals surface area contributed by atoms with Crippen molar-refractivity contribution >= 4 is 35.5 Å². The first-order chi connectivity index (χ1) is 9.15. The fraction of sp³-hybridized carbons (Fsp3) is 0.615. The van der Waals surface area contributed by atoms with Crippen LogP contribution in [0.2, 0.25) is 5.15 Å². The summed E-state index contributed by atoms with van der Waals surface area (Å²) in [5.74, 6) is 1.15. The summed E-state index contributed by atoms with van der Waals surface area (Å²) >= 11 is 7.86. The van der Waals surface area contributed by atoms with Crippen molar-refractivity contribution in [1.82, 2.24) is 9.97 Å². The molecule has 0 radical (unpaired) electrons. The topological polar surface area (TPSA) is 54.9 Å². The molecule has 1 fully saturated rings. The minimum absolute atomic E-state index is 0.224. The highest BCUT2D eigenvalue weighted by Crippen LogP contribution is 2.30. The molecule has 0 saturated heterocycles. The standard InChI is InChI=1S/C13H18ClN3OS/c1-8-15-12(14)9(7-18)13(16-8)17-10-5-3-4-6-11(10)19-2/h7,10-11H,3-6H2,1-2H3,(H,15,16,17). The molecule has 0 aliphatic heterocycles. The van der Waals surface area contributed by atoms with E-state index >= 15 is 0 Å². The maximum absolute atomic E-state index is 11.1. The number of thioether (sulfide) groups is 1. The van der Waals surface area contributed by atoms with Crippen LogP contribution in [0, 0.1) is 6.92 Å². The molecule has 1 aliphatic carbocycles. The third-order valence-corrected chi connectivity index (χ3v) is 4.91. The molecule has 1 heterocycles. The van der Waals surface area contributed by atoms with E-state index in [-0.39, 0.29) is 5.15 Å². The molecule has 1 aliphatic rings. The van der Waals surface area contributed by atoms with Gasteiger partial charge < -0.3 is 5.32 Å². The highest BCUT2D eigenvalue weighted by molar-refractivity contribution is 7.99. The van der Waals surface area contributed by atoms with E-state index in [1.807, 2.05) is 11.8 Å². The molecule has 2 rings (SSSR count). The highest BCUT2D eigenvalue weighted by atomic mass is 35.5.